The van der Waals surface area contributed by atoms with Gasteiger partial charge in [0.05, 0.1) is 19.1 Å². The average molecular weight is 476 g/mol. The van der Waals surface area contributed by atoms with E-state index in [4.69, 9.17) is 27.4 Å². The van der Waals surface area contributed by atoms with Crippen molar-refractivity contribution >= 4 is 41.5 Å². The molecule has 0 spiro atoms. The van der Waals surface area contributed by atoms with Crippen molar-refractivity contribution in [2.45, 2.75) is 56.3 Å². The summed E-state index contributed by atoms with van der Waals surface area (Å²) in [5.74, 6) is -7.73. The van der Waals surface area contributed by atoms with Gasteiger partial charge in [-0.15, -0.1) is 0 Å². The molecular formula is C17H28N6O10. The fourth-order valence-electron chi connectivity index (χ4n) is 2.41. The molecular weight excluding hydrogens is 448 g/mol. The van der Waals surface area contributed by atoms with Crippen LogP contribution in [0.2, 0.25) is 0 Å². The van der Waals surface area contributed by atoms with E-state index in [-0.39, 0.29) is 12.8 Å². The highest BCUT2D eigenvalue weighted by molar-refractivity contribution is 5.95. The van der Waals surface area contributed by atoms with Crippen LogP contribution in [0.15, 0.2) is 0 Å². The zero-order valence-electron chi connectivity index (χ0n) is 17.5. The van der Waals surface area contributed by atoms with Crippen LogP contribution in [0.5, 0.6) is 0 Å². The normalized spacial score (nSPS) is 14.1. The molecule has 0 aromatic heterocycles. The van der Waals surface area contributed by atoms with Gasteiger partial charge in [-0.2, -0.15) is 0 Å². The standard InChI is InChI=1S/C17H28N6O10/c18-7(5-12(20)26)14(29)21-8(2-4-13(27)28)15(30)23-10(6-24)16(31)22-9(17(32)33)1-3-11(19)25/h7-10,24H,1-6,18H2,(H2,19,25)(H2,20,26)(H,21,29)(H,22,31)(H,23,30)(H,27,28)(H,32,33). The summed E-state index contributed by atoms with van der Waals surface area (Å²) in [5.41, 5.74) is 15.4. The Hall–Kier alpha value is -3.79. The molecule has 0 fully saturated rings. The van der Waals surface area contributed by atoms with Gasteiger partial charge in [0.25, 0.3) is 0 Å². The maximum Gasteiger partial charge on any atom is 0.326 e. The molecule has 4 unspecified atom stereocenters. The Morgan fingerprint density at radius 3 is 1.64 bits per heavy atom. The lowest BCUT2D eigenvalue weighted by atomic mass is 10.1. The van der Waals surface area contributed by atoms with Crippen LogP contribution >= 0.6 is 0 Å². The number of aliphatic hydroxyl groups is 1. The summed E-state index contributed by atoms with van der Waals surface area (Å²) in [6.07, 6.45) is -2.28. The van der Waals surface area contributed by atoms with Gasteiger partial charge >= 0.3 is 11.9 Å². The van der Waals surface area contributed by atoms with Gasteiger partial charge in [-0.05, 0) is 12.8 Å². The fourth-order valence-corrected chi connectivity index (χ4v) is 2.41. The zero-order chi connectivity index (χ0) is 25.7. The van der Waals surface area contributed by atoms with Gasteiger partial charge in [-0.3, -0.25) is 28.8 Å². The highest BCUT2D eigenvalue weighted by Crippen LogP contribution is 2.03. The molecule has 0 bridgehead atoms. The fraction of sp³-hybridized carbons (Fsp3) is 0.588. The van der Waals surface area contributed by atoms with E-state index >= 15 is 0 Å². The Bertz CT molecular complexity index is 773. The van der Waals surface area contributed by atoms with Crippen LogP contribution < -0.4 is 33.2 Å². The number of carboxylic acids is 2. The van der Waals surface area contributed by atoms with Crippen molar-refractivity contribution in [2.24, 2.45) is 17.2 Å². The van der Waals surface area contributed by atoms with Crippen molar-refractivity contribution in [3.63, 3.8) is 0 Å². The number of carbonyl (C=O) groups excluding carboxylic acids is 5. The number of amides is 5. The molecule has 0 rings (SSSR count). The molecule has 0 saturated heterocycles. The molecule has 4 atom stereocenters. The summed E-state index contributed by atoms with van der Waals surface area (Å²) in [4.78, 5) is 80.7. The van der Waals surface area contributed by atoms with Crippen LogP contribution in [-0.4, -0.2) is 87.6 Å². The molecule has 12 N–H and O–H groups in total. The Kier molecular flexibility index (Phi) is 12.7. The number of primary amides is 2. The third-order valence-corrected chi connectivity index (χ3v) is 4.15. The van der Waals surface area contributed by atoms with Gasteiger partial charge in [0, 0.05) is 12.8 Å². The van der Waals surface area contributed by atoms with E-state index in [0.29, 0.717) is 0 Å². The van der Waals surface area contributed by atoms with Gasteiger partial charge in [0.15, 0.2) is 0 Å². The monoisotopic (exact) mass is 476 g/mol. The second kappa shape index (κ2) is 14.3. The van der Waals surface area contributed by atoms with Crippen LogP contribution in [-0.2, 0) is 33.6 Å². The molecule has 0 aliphatic heterocycles. The van der Waals surface area contributed by atoms with Crippen LogP contribution in [0.4, 0.5) is 0 Å². The first-order chi connectivity index (χ1) is 15.3. The minimum atomic E-state index is -1.68. The smallest absolute Gasteiger partial charge is 0.326 e. The molecule has 186 valence electrons. The first-order valence-corrected chi connectivity index (χ1v) is 9.57. The molecule has 0 radical (unpaired) electrons. The molecule has 0 heterocycles. The lowest BCUT2D eigenvalue weighted by Gasteiger charge is -2.24. The lowest BCUT2D eigenvalue weighted by molar-refractivity contribution is -0.143. The zero-order valence-corrected chi connectivity index (χ0v) is 17.5. The van der Waals surface area contributed by atoms with Crippen molar-refractivity contribution < 1.29 is 48.9 Å². The Labute approximate surface area is 187 Å². The molecule has 5 amide bonds. The molecule has 0 aromatic carbocycles. The number of rotatable bonds is 16. The Morgan fingerprint density at radius 2 is 1.18 bits per heavy atom. The minimum Gasteiger partial charge on any atom is -0.481 e. The summed E-state index contributed by atoms with van der Waals surface area (Å²) in [7, 11) is 0. The van der Waals surface area contributed by atoms with Crippen LogP contribution in [0, 0.1) is 0 Å². The minimum absolute atomic E-state index is 0.350. The molecule has 33 heavy (non-hydrogen) atoms. The van der Waals surface area contributed by atoms with E-state index in [9.17, 15) is 38.7 Å². The van der Waals surface area contributed by atoms with Crippen molar-refractivity contribution in [3.8, 4) is 0 Å². The number of aliphatic hydroxyl groups excluding tert-OH is 1. The maximum absolute atomic E-state index is 12.5. The first-order valence-electron chi connectivity index (χ1n) is 9.57. The third-order valence-electron chi connectivity index (χ3n) is 4.15. The van der Waals surface area contributed by atoms with Crippen molar-refractivity contribution in [2.75, 3.05) is 6.61 Å². The number of aliphatic carboxylic acids is 2. The second-order valence-electron chi connectivity index (χ2n) is 6.92. The van der Waals surface area contributed by atoms with E-state index < -0.39 is 91.5 Å². The van der Waals surface area contributed by atoms with Crippen molar-refractivity contribution in [3.05, 3.63) is 0 Å². The second-order valence-corrected chi connectivity index (χ2v) is 6.92. The van der Waals surface area contributed by atoms with Crippen molar-refractivity contribution in [1.82, 2.24) is 16.0 Å². The number of carbonyl (C=O) groups is 7. The highest BCUT2D eigenvalue weighted by Gasteiger charge is 2.30. The van der Waals surface area contributed by atoms with Gasteiger partial charge in [0.2, 0.25) is 29.5 Å². The lowest BCUT2D eigenvalue weighted by Crippen LogP contribution is -2.58. The summed E-state index contributed by atoms with van der Waals surface area (Å²) < 4.78 is 0. The van der Waals surface area contributed by atoms with E-state index in [1.165, 1.54) is 0 Å². The average Bonchev–Trinajstić information content (AvgIpc) is 2.70. The Balaban J connectivity index is 5.31. The highest BCUT2D eigenvalue weighted by atomic mass is 16.4. The number of nitrogens with two attached hydrogens (primary N) is 3. The molecule has 16 heteroatoms. The molecule has 0 aliphatic rings. The summed E-state index contributed by atoms with van der Waals surface area (Å²) >= 11 is 0. The largest absolute Gasteiger partial charge is 0.481 e. The van der Waals surface area contributed by atoms with E-state index in [1.807, 2.05) is 5.32 Å². The van der Waals surface area contributed by atoms with E-state index in [1.54, 1.807) is 0 Å². The topological polar surface area (TPSA) is 294 Å². The summed E-state index contributed by atoms with van der Waals surface area (Å²) in [6.45, 7) is -0.986. The molecule has 0 aliphatic carbocycles. The molecule has 0 saturated carbocycles. The maximum atomic E-state index is 12.5. The van der Waals surface area contributed by atoms with Crippen LogP contribution in [0.25, 0.3) is 0 Å². The van der Waals surface area contributed by atoms with Gasteiger partial charge < -0.3 is 48.5 Å². The number of nitrogens with one attached hydrogen (secondary N) is 3. The predicted octanol–water partition coefficient (Wildman–Crippen LogP) is -5.15. The number of hydrogen-bond acceptors (Lipinski definition) is 9. The van der Waals surface area contributed by atoms with Crippen LogP contribution in [0.1, 0.15) is 32.1 Å². The summed E-state index contributed by atoms with van der Waals surface area (Å²) in [6, 6.07) is -6.19. The Morgan fingerprint density at radius 1 is 0.697 bits per heavy atom. The van der Waals surface area contributed by atoms with Crippen molar-refractivity contribution in [1.29, 1.82) is 0 Å². The van der Waals surface area contributed by atoms with Gasteiger partial charge in [-0.1, -0.05) is 0 Å². The predicted molar refractivity (Wildman–Crippen MR) is 108 cm³/mol. The number of hydrogen-bond donors (Lipinski definition) is 9. The van der Waals surface area contributed by atoms with Crippen LogP contribution in [0.3, 0.4) is 0 Å². The molecule has 0 aromatic rings. The SMILES string of the molecule is NC(=O)CCC(NC(=O)C(CO)NC(=O)C(CCC(=O)O)NC(=O)C(N)CC(N)=O)C(=O)O. The molecule has 16 nitrogen and oxygen atoms in total. The quantitative estimate of drug-likeness (QED) is 0.101. The first kappa shape index (κ1) is 29.2. The van der Waals surface area contributed by atoms with Gasteiger partial charge in [0.1, 0.15) is 18.1 Å². The van der Waals surface area contributed by atoms with E-state index in [0.717, 1.165) is 0 Å². The van der Waals surface area contributed by atoms with Gasteiger partial charge in [-0.25, -0.2) is 4.79 Å². The summed E-state index contributed by atoms with van der Waals surface area (Å²) in [5, 5.41) is 33.6. The third kappa shape index (κ3) is 12.0. The number of carboxylic acid groups (broad SMARTS) is 2. The van der Waals surface area contributed by atoms with E-state index in [2.05, 4.69) is 10.6 Å².